The molecular weight excluding hydrogens is 204 g/mol. The number of nitrogens with two attached hydrogens (primary N) is 1. The molecule has 1 amide bonds. The number of methoxy groups -OCH3 is 1. The maximum atomic E-state index is 11.7. The molecule has 4 heteroatoms. The Hall–Kier alpha value is -0.610. The van der Waals surface area contributed by atoms with Crippen LogP contribution in [0.1, 0.15) is 33.1 Å². The second kappa shape index (κ2) is 6.21. The Labute approximate surface area is 97.9 Å². The normalized spacial score (nSPS) is 32.1. The van der Waals surface area contributed by atoms with Crippen molar-refractivity contribution in [2.45, 2.75) is 45.3 Å². The molecule has 0 aromatic heterocycles. The van der Waals surface area contributed by atoms with Crippen molar-refractivity contribution in [1.82, 2.24) is 5.32 Å². The molecule has 3 N–H and O–H groups in total. The Kier molecular flexibility index (Phi) is 5.22. The molecule has 4 unspecified atom stereocenters. The van der Waals surface area contributed by atoms with E-state index in [2.05, 4.69) is 19.2 Å². The highest BCUT2D eigenvalue weighted by Crippen LogP contribution is 2.29. The summed E-state index contributed by atoms with van der Waals surface area (Å²) in [5.74, 6) is 1.37. The summed E-state index contributed by atoms with van der Waals surface area (Å²) in [6, 6.07) is 0.294. The third kappa shape index (κ3) is 3.46. The minimum Gasteiger partial charge on any atom is -0.370 e. The summed E-state index contributed by atoms with van der Waals surface area (Å²) in [5, 5.41) is 3.03. The van der Waals surface area contributed by atoms with E-state index >= 15 is 0 Å². The Bertz CT molecular complexity index is 229. The first kappa shape index (κ1) is 13.5. The second-order valence-electron chi connectivity index (χ2n) is 4.93. The fourth-order valence-corrected chi connectivity index (χ4v) is 2.28. The molecule has 0 radical (unpaired) electrons. The number of hydrogen-bond acceptors (Lipinski definition) is 3. The van der Waals surface area contributed by atoms with Crippen LogP contribution in [0.4, 0.5) is 0 Å². The van der Waals surface area contributed by atoms with E-state index in [1.54, 1.807) is 0 Å². The van der Waals surface area contributed by atoms with E-state index < -0.39 is 6.10 Å². The van der Waals surface area contributed by atoms with E-state index in [-0.39, 0.29) is 12.5 Å². The van der Waals surface area contributed by atoms with Crippen molar-refractivity contribution in [2.24, 2.45) is 17.6 Å². The van der Waals surface area contributed by atoms with E-state index in [0.717, 1.165) is 18.8 Å². The number of hydrogen-bond donors (Lipinski definition) is 2. The first-order valence-corrected chi connectivity index (χ1v) is 6.11. The van der Waals surface area contributed by atoms with Crippen LogP contribution in [0, 0.1) is 11.8 Å². The average Bonchev–Trinajstić information content (AvgIpc) is 2.25. The summed E-state index contributed by atoms with van der Waals surface area (Å²) >= 11 is 0. The lowest BCUT2D eigenvalue weighted by Gasteiger charge is -2.33. The fourth-order valence-electron chi connectivity index (χ4n) is 2.28. The van der Waals surface area contributed by atoms with Gasteiger partial charge in [0.1, 0.15) is 6.10 Å². The topological polar surface area (TPSA) is 64.3 Å². The Morgan fingerprint density at radius 3 is 2.62 bits per heavy atom. The molecule has 1 saturated carbocycles. The molecular formula is C12H24N2O2. The van der Waals surface area contributed by atoms with Gasteiger partial charge in [-0.25, -0.2) is 0 Å². The van der Waals surface area contributed by atoms with E-state index in [4.69, 9.17) is 10.5 Å². The molecule has 0 spiro atoms. The summed E-state index contributed by atoms with van der Waals surface area (Å²) in [4.78, 5) is 11.7. The first-order valence-electron chi connectivity index (χ1n) is 6.11. The van der Waals surface area contributed by atoms with Crippen molar-refractivity contribution in [1.29, 1.82) is 0 Å². The lowest BCUT2D eigenvalue weighted by molar-refractivity contribution is -0.131. The summed E-state index contributed by atoms with van der Waals surface area (Å²) in [5.41, 5.74) is 5.45. The Morgan fingerprint density at radius 2 is 2.12 bits per heavy atom. The first-order chi connectivity index (χ1) is 7.58. The number of rotatable bonds is 4. The zero-order chi connectivity index (χ0) is 12.1. The van der Waals surface area contributed by atoms with Gasteiger partial charge in [0.05, 0.1) is 0 Å². The van der Waals surface area contributed by atoms with Crippen molar-refractivity contribution in [3.8, 4) is 0 Å². The molecule has 0 aromatic carbocycles. The lowest BCUT2D eigenvalue weighted by Crippen LogP contribution is -2.47. The van der Waals surface area contributed by atoms with E-state index in [1.165, 1.54) is 13.5 Å². The lowest BCUT2D eigenvalue weighted by atomic mass is 9.79. The van der Waals surface area contributed by atoms with E-state index in [1.807, 2.05) is 0 Å². The van der Waals surface area contributed by atoms with Crippen molar-refractivity contribution < 1.29 is 9.53 Å². The van der Waals surface area contributed by atoms with Gasteiger partial charge < -0.3 is 15.8 Å². The smallest absolute Gasteiger partial charge is 0.250 e. The van der Waals surface area contributed by atoms with Crippen molar-refractivity contribution in [3.05, 3.63) is 0 Å². The molecule has 0 aromatic rings. The molecule has 1 aliphatic carbocycles. The molecule has 4 nitrogen and oxygen atoms in total. The average molecular weight is 228 g/mol. The molecule has 0 saturated heterocycles. The van der Waals surface area contributed by atoms with Crippen molar-refractivity contribution >= 4 is 5.91 Å². The van der Waals surface area contributed by atoms with Gasteiger partial charge in [0.15, 0.2) is 0 Å². The third-order valence-electron chi connectivity index (χ3n) is 3.74. The van der Waals surface area contributed by atoms with Crippen molar-refractivity contribution in [2.75, 3.05) is 13.7 Å². The van der Waals surface area contributed by atoms with Crippen LogP contribution in [0.15, 0.2) is 0 Å². The Balaban J connectivity index is 2.40. The van der Waals surface area contributed by atoms with Crippen LogP contribution in [-0.4, -0.2) is 31.7 Å². The van der Waals surface area contributed by atoms with Gasteiger partial charge in [0, 0.05) is 19.7 Å². The maximum absolute atomic E-state index is 11.7. The highest BCUT2D eigenvalue weighted by Gasteiger charge is 2.27. The maximum Gasteiger partial charge on any atom is 0.250 e. The summed E-state index contributed by atoms with van der Waals surface area (Å²) < 4.78 is 5.01. The predicted octanol–water partition coefficient (Wildman–Crippen LogP) is 0.901. The van der Waals surface area contributed by atoms with Gasteiger partial charge >= 0.3 is 0 Å². The third-order valence-corrected chi connectivity index (χ3v) is 3.74. The molecule has 4 atom stereocenters. The molecule has 0 bridgehead atoms. The van der Waals surface area contributed by atoms with Crippen LogP contribution >= 0.6 is 0 Å². The number of ether oxygens (including phenoxy) is 1. The van der Waals surface area contributed by atoms with Gasteiger partial charge in [0.2, 0.25) is 0 Å². The fraction of sp³-hybridized carbons (Fsp3) is 0.917. The number of amides is 1. The number of nitrogens with one attached hydrogen (secondary N) is 1. The van der Waals surface area contributed by atoms with Crippen LogP contribution in [0.25, 0.3) is 0 Å². The predicted molar refractivity (Wildman–Crippen MR) is 64.0 cm³/mol. The van der Waals surface area contributed by atoms with E-state index in [9.17, 15) is 4.79 Å². The largest absolute Gasteiger partial charge is 0.370 e. The van der Waals surface area contributed by atoms with Gasteiger partial charge in [-0.05, 0) is 31.1 Å². The van der Waals surface area contributed by atoms with Crippen molar-refractivity contribution in [3.63, 3.8) is 0 Å². The number of carbonyl (C=O) groups is 1. The minimum absolute atomic E-state index is 0.0725. The quantitative estimate of drug-likeness (QED) is 0.751. The van der Waals surface area contributed by atoms with Crippen LogP contribution in [0.2, 0.25) is 0 Å². The summed E-state index contributed by atoms with van der Waals surface area (Å²) in [6.45, 7) is 4.77. The van der Waals surface area contributed by atoms with Crippen LogP contribution in [-0.2, 0) is 9.53 Å². The summed E-state index contributed by atoms with van der Waals surface area (Å²) in [6.07, 6.45) is 2.81. The molecule has 0 heterocycles. The minimum atomic E-state index is -0.505. The molecule has 1 rings (SSSR count). The highest BCUT2D eigenvalue weighted by atomic mass is 16.5. The van der Waals surface area contributed by atoms with Crippen LogP contribution in [0.3, 0.4) is 0 Å². The monoisotopic (exact) mass is 228 g/mol. The molecule has 1 fully saturated rings. The zero-order valence-corrected chi connectivity index (χ0v) is 10.5. The van der Waals surface area contributed by atoms with E-state index in [0.29, 0.717) is 12.0 Å². The van der Waals surface area contributed by atoms with Gasteiger partial charge in [-0.2, -0.15) is 0 Å². The van der Waals surface area contributed by atoms with Crippen LogP contribution < -0.4 is 11.1 Å². The summed E-state index contributed by atoms with van der Waals surface area (Å²) in [7, 11) is 1.52. The molecule has 0 aliphatic heterocycles. The van der Waals surface area contributed by atoms with Gasteiger partial charge in [-0.15, -0.1) is 0 Å². The van der Waals surface area contributed by atoms with Crippen LogP contribution in [0.5, 0.6) is 0 Å². The number of carbonyl (C=O) groups excluding carboxylic acids is 1. The Morgan fingerprint density at radius 1 is 1.44 bits per heavy atom. The second-order valence-corrected chi connectivity index (χ2v) is 4.93. The molecule has 1 aliphatic rings. The zero-order valence-electron chi connectivity index (χ0n) is 10.5. The molecule has 94 valence electrons. The SMILES string of the molecule is COC(CN)C(=O)NC1CCC(C)C(C)C1. The molecule has 16 heavy (non-hydrogen) atoms. The van der Waals surface area contributed by atoms with Gasteiger partial charge in [0.25, 0.3) is 5.91 Å². The van der Waals surface area contributed by atoms with Gasteiger partial charge in [-0.1, -0.05) is 13.8 Å². The van der Waals surface area contributed by atoms with Gasteiger partial charge in [-0.3, -0.25) is 4.79 Å². The highest BCUT2D eigenvalue weighted by molar-refractivity contribution is 5.81. The standard InChI is InChI=1S/C12H24N2O2/c1-8-4-5-10(6-9(8)2)14-12(15)11(7-13)16-3/h8-11H,4-7,13H2,1-3H3,(H,14,15).